The SMILES string of the molecule is CC1CCN(C(=O)c2ccncc2NN)C(C)C1. The molecule has 2 atom stereocenters. The fourth-order valence-corrected chi connectivity index (χ4v) is 2.56. The van der Waals surface area contributed by atoms with E-state index in [4.69, 9.17) is 5.84 Å². The van der Waals surface area contributed by atoms with E-state index in [0.717, 1.165) is 19.4 Å². The highest BCUT2D eigenvalue weighted by atomic mass is 16.2. The molecule has 0 aromatic carbocycles. The summed E-state index contributed by atoms with van der Waals surface area (Å²) in [5.74, 6) is 6.13. The van der Waals surface area contributed by atoms with Crippen LogP contribution in [0.5, 0.6) is 0 Å². The summed E-state index contributed by atoms with van der Waals surface area (Å²) in [6.07, 6.45) is 5.31. The van der Waals surface area contributed by atoms with Crippen LogP contribution in [-0.4, -0.2) is 28.4 Å². The third kappa shape index (κ3) is 2.46. The molecule has 1 fully saturated rings. The summed E-state index contributed by atoms with van der Waals surface area (Å²) in [6.45, 7) is 5.15. The zero-order chi connectivity index (χ0) is 13.1. The quantitative estimate of drug-likeness (QED) is 0.616. The van der Waals surface area contributed by atoms with Crippen molar-refractivity contribution in [3.8, 4) is 0 Å². The number of piperidine rings is 1. The Hall–Kier alpha value is -1.62. The van der Waals surface area contributed by atoms with E-state index >= 15 is 0 Å². The summed E-state index contributed by atoms with van der Waals surface area (Å²) >= 11 is 0. The van der Waals surface area contributed by atoms with Gasteiger partial charge in [0.15, 0.2) is 0 Å². The van der Waals surface area contributed by atoms with Crippen LogP contribution in [0.15, 0.2) is 18.5 Å². The molecule has 5 nitrogen and oxygen atoms in total. The lowest BCUT2D eigenvalue weighted by molar-refractivity contribution is 0.0589. The predicted octanol–water partition coefficient (Wildman–Crippen LogP) is 1.63. The number of pyridine rings is 1. The van der Waals surface area contributed by atoms with Gasteiger partial charge in [-0.2, -0.15) is 0 Å². The summed E-state index contributed by atoms with van der Waals surface area (Å²) < 4.78 is 0. The third-order valence-corrected chi connectivity index (χ3v) is 3.61. The first-order valence-electron chi connectivity index (χ1n) is 6.35. The van der Waals surface area contributed by atoms with Crippen molar-refractivity contribution in [3.63, 3.8) is 0 Å². The van der Waals surface area contributed by atoms with Gasteiger partial charge in [-0.05, 0) is 31.7 Å². The number of nitrogens with zero attached hydrogens (tertiary/aromatic N) is 2. The molecule has 2 heterocycles. The van der Waals surface area contributed by atoms with E-state index in [1.807, 2.05) is 4.90 Å². The fraction of sp³-hybridized carbons (Fsp3) is 0.538. The first-order valence-corrected chi connectivity index (χ1v) is 6.35. The number of anilines is 1. The van der Waals surface area contributed by atoms with Gasteiger partial charge >= 0.3 is 0 Å². The Morgan fingerprint density at radius 2 is 2.33 bits per heavy atom. The lowest BCUT2D eigenvalue weighted by atomic mass is 9.93. The summed E-state index contributed by atoms with van der Waals surface area (Å²) in [6, 6.07) is 1.99. The van der Waals surface area contributed by atoms with Crippen LogP contribution in [0.3, 0.4) is 0 Å². The van der Waals surface area contributed by atoms with Gasteiger partial charge in [-0.1, -0.05) is 6.92 Å². The second kappa shape index (κ2) is 5.35. The van der Waals surface area contributed by atoms with E-state index in [-0.39, 0.29) is 11.9 Å². The van der Waals surface area contributed by atoms with Gasteiger partial charge in [-0.3, -0.25) is 15.6 Å². The molecule has 18 heavy (non-hydrogen) atoms. The number of likely N-dealkylation sites (tertiary alicyclic amines) is 1. The fourth-order valence-electron chi connectivity index (χ4n) is 2.56. The second-order valence-corrected chi connectivity index (χ2v) is 5.04. The van der Waals surface area contributed by atoms with Crippen LogP contribution < -0.4 is 11.3 Å². The van der Waals surface area contributed by atoms with Crippen molar-refractivity contribution in [3.05, 3.63) is 24.0 Å². The molecule has 5 heteroatoms. The predicted molar refractivity (Wildman–Crippen MR) is 70.9 cm³/mol. The molecule has 1 saturated heterocycles. The number of nitrogen functional groups attached to an aromatic ring is 1. The van der Waals surface area contributed by atoms with Gasteiger partial charge in [0.05, 0.1) is 17.4 Å². The molecule has 2 rings (SSSR count). The van der Waals surface area contributed by atoms with E-state index in [0.29, 0.717) is 17.2 Å². The number of aromatic nitrogens is 1. The number of rotatable bonds is 2. The van der Waals surface area contributed by atoms with E-state index < -0.39 is 0 Å². The largest absolute Gasteiger partial charge is 0.336 e. The zero-order valence-corrected chi connectivity index (χ0v) is 10.9. The molecule has 0 radical (unpaired) electrons. The van der Waals surface area contributed by atoms with Gasteiger partial charge in [0.25, 0.3) is 5.91 Å². The van der Waals surface area contributed by atoms with Crippen molar-refractivity contribution in [2.45, 2.75) is 32.7 Å². The Morgan fingerprint density at radius 3 is 3.00 bits per heavy atom. The van der Waals surface area contributed by atoms with Crippen molar-refractivity contribution in [1.29, 1.82) is 0 Å². The van der Waals surface area contributed by atoms with Crippen LogP contribution in [0.1, 0.15) is 37.0 Å². The summed E-state index contributed by atoms with van der Waals surface area (Å²) in [5.41, 5.74) is 3.70. The molecule has 98 valence electrons. The number of hydrogen-bond donors (Lipinski definition) is 2. The van der Waals surface area contributed by atoms with Crippen LogP contribution in [0.25, 0.3) is 0 Å². The Balaban J connectivity index is 2.20. The summed E-state index contributed by atoms with van der Waals surface area (Å²) in [5, 5.41) is 0. The van der Waals surface area contributed by atoms with Crippen LogP contribution in [-0.2, 0) is 0 Å². The monoisotopic (exact) mass is 248 g/mol. The average molecular weight is 248 g/mol. The van der Waals surface area contributed by atoms with Crippen molar-refractivity contribution in [1.82, 2.24) is 9.88 Å². The topological polar surface area (TPSA) is 71.2 Å². The molecule has 2 unspecified atom stereocenters. The number of hydrazine groups is 1. The first-order chi connectivity index (χ1) is 8.63. The molecule has 1 aliphatic rings. The zero-order valence-electron chi connectivity index (χ0n) is 10.9. The van der Waals surface area contributed by atoms with Crippen molar-refractivity contribution in [2.75, 3.05) is 12.0 Å². The third-order valence-electron chi connectivity index (χ3n) is 3.61. The number of nitrogens with one attached hydrogen (secondary N) is 1. The summed E-state index contributed by atoms with van der Waals surface area (Å²) in [7, 11) is 0. The minimum Gasteiger partial charge on any atom is -0.336 e. The average Bonchev–Trinajstić information content (AvgIpc) is 2.38. The van der Waals surface area contributed by atoms with Gasteiger partial charge in [-0.25, -0.2) is 0 Å². The molecule has 1 aromatic rings. The maximum atomic E-state index is 12.5. The maximum Gasteiger partial charge on any atom is 0.256 e. The van der Waals surface area contributed by atoms with E-state index in [9.17, 15) is 4.79 Å². The number of hydrogen-bond acceptors (Lipinski definition) is 4. The molecular formula is C13H20N4O. The maximum absolute atomic E-state index is 12.5. The smallest absolute Gasteiger partial charge is 0.256 e. The lowest BCUT2D eigenvalue weighted by Gasteiger charge is -2.36. The molecule has 3 N–H and O–H groups in total. The summed E-state index contributed by atoms with van der Waals surface area (Å²) in [4.78, 5) is 18.4. The van der Waals surface area contributed by atoms with E-state index in [2.05, 4.69) is 24.3 Å². The molecule has 0 spiro atoms. The standard InChI is InChI=1S/C13H20N4O/c1-9-4-6-17(10(2)7-9)13(18)11-3-5-15-8-12(11)16-14/h3,5,8-10,16H,4,6-7,14H2,1-2H3. The van der Waals surface area contributed by atoms with Crippen LogP contribution >= 0.6 is 0 Å². The lowest BCUT2D eigenvalue weighted by Crippen LogP contribution is -2.44. The highest BCUT2D eigenvalue weighted by molar-refractivity contribution is 5.99. The van der Waals surface area contributed by atoms with E-state index in [1.54, 1.807) is 18.5 Å². The van der Waals surface area contributed by atoms with Crippen molar-refractivity contribution >= 4 is 11.6 Å². The number of carbonyl (C=O) groups is 1. The van der Waals surface area contributed by atoms with Crippen LogP contribution in [0.4, 0.5) is 5.69 Å². The van der Waals surface area contributed by atoms with Gasteiger partial charge in [-0.15, -0.1) is 0 Å². The Morgan fingerprint density at radius 1 is 1.56 bits per heavy atom. The van der Waals surface area contributed by atoms with Gasteiger partial charge < -0.3 is 10.3 Å². The highest BCUT2D eigenvalue weighted by Gasteiger charge is 2.28. The molecular weight excluding hydrogens is 228 g/mol. The van der Waals surface area contributed by atoms with Crippen molar-refractivity contribution in [2.24, 2.45) is 11.8 Å². The van der Waals surface area contributed by atoms with Crippen molar-refractivity contribution < 1.29 is 4.79 Å². The van der Waals surface area contributed by atoms with E-state index in [1.165, 1.54) is 0 Å². The molecule has 1 aromatic heterocycles. The number of carbonyl (C=O) groups excluding carboxylic acids is 1. The number of amides is 1. The second-order valence-electron chi connectivity index (χ2n) is 5.04. The van der Waals surface area contributed by atoms with Gasteiger partial charge in [0.1, 0.15) is 0 Å². The van der Waals surface area contributed by atoms with Crippen LogP contribution in [0.2, 0.25) is 0 Å². The minimum absolute atomic E-state index is 0.0322. The van der Waals surface area contributed by atoms with Gasteiger partial charge in [0, 0.05) is 18.8 Å². The Kier molecular flexibility index (Phi) is 3.81. The molecule has 0 aliphatic carbocycles. The molecule has 1 aliphatic heterocycles. The van der Waals surface area contributed by atoms with Crippen LogP contribution in [0, 0.1) is 5.92 Å². The normalized spacial score (nSPS) is 23.8. The Bertz CT molecular complexity index is 435. The highest BCUT2D eigenvalue weighted by Crippen LogP contribution is 2.25. The first kappa shape index (κ1) is 12.8. The molecule has 0 saturated carbocycles. The minimum atomic E-state index is 0.0322. The Labute approximate surface area is 107 Å². The molecule has 0 bridgehead atoms. The molecule has 1 amide bonds. The number of nitrogens with two attached hydrogens (primary N) is 1. The van der Waals surface area contributed by atoms with Gasteiger partial charge in [0.2, 0.25) is 0 Å².